The van der Waals surface area contributed by atoms with Crippen molar-refractivity contribution in [3.63, 3.8) is 0 Å². The van der Waals surface area contributed by atoms with E-state index in [9.17, 15) is 9.18 Å². The molecule has 0 aliphatic carbocycles. The van der Waals surface area contributed by atoms with Crippen molar-refractivity contribution in [3.05, 3.63) is 31.6 Å². The molecule has 0 unspecified atom stereocenters. The molecule has 0 aliphatic heterocycles. The van der Waals surface area contributed by atoms with Crippen molar-refractivity contribution >= 4 is 40.2 Å². The summed E-state index contributed by atoms with van der Waals surface area (Å²) in [7, 11) is 1.20. The smallest absolute Gasteiger partial charge is 0.340 e. The van der Waals surface area contributed by atoms with Crippen LogP contribution in [0.2, 0.25) is 5.02 Å². The number of ether oxygens (including phenoxy) is 1. The predicted octanol–water partition coefficient (Wildman–Crippen LogP) is 3.18. The Bertz CT molecular complexity index is 393. The second-order valence-corrected chi connectivity index (χ2v) is 4.14. The van der Waals surface area contributed by atoms with Crippen molar-refractivity contribution < 1.29 is 13.9 Å². The molecule has 0 fully saturated rings. The third kappa shape index (κ3) is 2.00. The summed E-state index contributed by atoms with van der Waals surface area (Å²) in [4.78, 5) is 11.1. The molecule has 1 rings (SSSR count). The van der Waals surface area contributed by atoms with Crippen LogP contribution in [-0.4, -0.2) is 13.1 Å². The molecule has 0 amide bonds. The van der Waals surface area contributed by atoms with Crippen LogP contribution in [-0.2, 0) is 4.74 Å². The Morgan fingerprint density at radius 3 is 2.71 bits per heavy atom. The van der Waals surface area contributed by atoms with Crippen LogP contribution >= 0.6 is 34.2 Å². The molecule has 0 aliphatic rings. The zero-order valence-corrected chi connectivity index (χ0v) is 10.4. The number of benzene rings is 1. The number of esters is 1. The molecule has 0 N–H and O–H groups in total. The van der Waals surface area contributed by atoms with E-state index in [1.165, 1.54) is 13.2 Å². The summed E-state index contributed by atoms with van der Waals surface area (Å²) in [6.45, 7) is 1.56. The van der Waals surface area contributed by atoms with Gasteiger partial charge in [0.05, 0.1) is 17.7 Å². The van der Waals surface area contributed by atoms with Crippen molar-refractivity contribution in [1.82, 2.24) is 0 Å². The van der Waals surface area contributed by atoms with E-state index in [2.05, 4.69) is 4.74 Å². The van der Waals surface area contributed by atoms with Gasteiger partial charge in [-0.05, 0) is 35.6 Å². The van der Waals surface area contributed by atoms with Gasteiger partial charge in [-0.15, -0.1) is 0 Å². The quantitative estimate of drug-likeness (QED) is 0.450. The fourth-order valence-corrected chi connectivity index (χ4v) is 1.63. The van der Waals surface area contributed by atoms with Gasteiger partial charge in [0.2, 0.25) is 0 Å². The minimum atomic E-state index is -0.719. The van der Waals surface area contributed by atoms with Crippen LogP contribution < -0.4 is 0 Å². The lowest BCUT2D eigenvalue weighted by atomic mass is 10.1. The molecule has 0 aromatic heterocycles. The molecular weight excluding hydrogens is 321 g/mol. The van der Waals surface area contributed by atoms with E-state index in [-0.39, 0.29) is 5.56 Å². The number of hydrogen-bond donors (Lipinski definition) is 0. The molecule has 0 bridgehead atoms. The largest absolute Gasteiger partial charge is 0.465 e. The molecule has 2 nitrogen and oxygen atoms in total. The molecule has 0 heterocycles. The highest BCUT2D eigenvalue weighted by molar-refractivity contribution is 14.1. The first-order valence-electron chi connectivity index (χ1n) is 3.71. The summed E-state index contributed by atoms with van der Waals surface area (Å²) < 4.78 is 18.5. The normalized spacial score (nSPS) is 10.1. The van der Waals surface area contributed by atoms with E-state index in [1.54, 1.807) is 6.92 Å². The van der Waals surface area contributed by atoms with Crippen molar-refractivity contribution in [2.45, 2.75) is 6.92 Å². The molecule has 14 heavy (non-hydrogen) atoms. The van der Waals surface area contributed by atoms with E-state index in [4.69, 9.17) is 11.6 Å². The zero-order valence-electron chi connectivity index (χ0n) is 7.53. The van der Waals surface area contributed by atoms with Crippen molar-refractivity contribution in [3.8, 4) is 0 Å². The summed E-state index contributed by atoms with van der Waals surface area (Å²) in [5.41, 5.74) is 0.230. The number of methoxy groups -OCH3 is 1. The highest BCUT2D eigenvalue weighted by Crippen LogP contribution is 2.27. The maximum atomic E-state index is 13.5. The Morgan fingerprint density at radius 1 is 1.64 bits per heavy atom. The molecule has 1 aromatic rings. The van der Waals surface area contributed by atoms with Crippen LogP contribution in [0.25, 0.3) is 0 Å². The van der Waals surface area contributed by atoms with Gasteiger partial charge in [0.1, 0.15) is 5.82 Å². The van der Waals surface area contributed by atoms with Crippen LogP contribution in [0.3, 0.4) is 0 Å². The fraction of sp³-hybridized carbons (Fsp3) is 0.222. The first kappa shape index (κ1) is 11.7. The Hall–Kier alpha value is -0.360. The number of carbonyl (C=O) groups excluding carboxylic acids is 1. The first-order valence-corrected chi connectivity index (χ1v) is 5.17. The van der Waals surface area contributed by atoms with Gasteiger partial charge in [-0.3, -0.25) is 0 Å². The maximum Gasteiger partial charge on any atom is 0.340 e. The SMILES string of the molecule is COC(=O)c1cc(Cl)c(I)c(C)c1F. The number of rotatable bonds is 1. The minimum absolute atomic E-state index is 0.129. The second kappa shape index (κ2) is 4.44. The molecule has 0 radical (unpaired) electrons. The molecule has 0 atom stereocenters. The van der Waals surface area contributed by atoms with Gasteiger partial charge in [-0.2, -0.15) is 0 Å². The van der Waals surface area contributed by atoms with E-state index < -0.39 is 11.8 Å². The summed E-state index contributed by atoms with van der Waals surface area (Å²) in [6, 6.07) is 1.28. The minimum Gasteiger partial charge on any atom is -0.465 e. The molecule has 1 aromatic carbocycles. The summed E-state index contributed by atoms with van der Waals surface area (Å²) >= 11 is 7.73. The van der Waals surface area contributed by atoms with Crippen LogP contribution in [0.4, 0.5) is 4.39 Å². The lowest BCUT2D eigenvalue weighted by Gasteiger charge is -2.07. The second-order valence-electron chi connectivity index (χ2n) is 2.65. The van der Waals surface area contributed by atoms with Crippen LogP contribution in [0.1, 0.15) is 15.9 Å². The van der Waals surface area contributed by atoms with Crippen LogP contribution in [0.15, 0.2) is 6.07 Å². The van der Waals surface area contributed by atoms with Gasteiger partial charge >= 0.3 is 5.97 Å². The monoisotopic (exact) mass is 328 g/mol. The summed E-state index contributed by atoms with van der Waals surface area (Å²) in [5, 5.41) is 0.352. The average Bonchev–Trinajstić information content (AvgIpc) is 2.19. The summed E-state index contributed by atoms with van der Waals surface area (Å²) in [6.07, 6.45) is 0. The van der Waals surface area contributed by atoms with Crippen LogP contribution in [0.5, 0.6) is 0 Å². The first-order chi connectivity index (χ1) is 6.49. The average molecular weight is 329 g/mol. The lowest BCUT2D eigenvalue weighted by Crippen LogP contribution is -2.07. The van der Waals surface area contributed by atoms with Gasteiger partial charge in [0, 0.05) is 9.13 Å². The van der Waals surface area contributed by atoms with Gasteiger partial charge in [-0.1, -0.05) is 11.6 Å². The maximum absolute atomic E-state index is 13.5. The topological polar surface area (TPSA) is 26.3 Å². The molecule has 0 spiro atoms. The third-order valence-corrected chi connectivity index (χ3v) is 3.79. The lowest BCUT2D eigenvalue weighted by molar-refractivity contribution is 0.0595. The van der Waals surface area contributed by atoms with Crippen molar-refractivity contribution in [2.24, 2.45) is 0 Å². The van der Waals surface area contributed by atoms with Crippen molar-refractivity contribution in [2.75, 3.05) is 7.11 Å². The number of carbonyl (C=O) groups is 1. The van der Waals surface area contributed by atoms with E-state index in [1.807, 2.05) is 22.6 Å². The Balaban J connectivity index is 3.40. The van der Waals surface area contributed by atoms with Crippen molar-refractivity contribution in [1.29, 1.82) is 0 Å². The van der Waals surface area contributed by atoms with E-state index in [0.29, 0.717) is 14.2 Å². The molecule has 0 saturated heterocycles. The molecular formula is C9H7ClFIO2. The Kier molecular flexibility index (Phi) is 3.71. The van der Waals surface area contributed by atoms with Crippen LogP contribution in [0, 0.1) is 16.3 Å². The molecule has 76 valence electrons. The number of hydrogen-bond acceptors (Lipinski definition) is 2. The number of halogens is 3. The van der Waals surface area contributed by atoms with E-state index >= 15 is 0 Å². The standard InChI is InChI=1S/C9H7ClFIO2/c1-4-7(11)5(9(13)14-2)3-6(10)8(4)12/h3H,1-2H3. The van der Waals surface area contributed by atoms with E-state index in [0.717, 1.165) is 0 Å². The predicted molar refractivity (Wildman–Crippen MR) is 60.2 cm³/mol. The Morgan fingerprint density at radius 2 is 2.21 bits per heavy atom. The third-order valence-electron chi connectivity index (χ3n) is 1.78. The fourth-order valence-electron chi connectivity index (χ4n) is 0.989. The van der Waals surface area contributed by atoms with Gasteiger partial charge in [0.25, 0.3) is 0 Å². The Labute approximate surface area is 99.5 Å². The van der Waals surface area contributed by atoms with Gasteiger partial charge in [0.15, 0.2) is 0 Å². The zero-order chi connectivity index (χ0) is 10.9. The molecule has 0 saturated carbocycles. The highest BCUT2D eigenvalue weighted by atomic mass is 127. The molecule has 5 heteroatoms. The highest BCUT2D eigenvalue weighted by Gasteiger charge is 2.18. The summed E-state index contributed by atoms with van der Waals surface area (Å²) in [5.74, 6) is -1.30. The van der Waals surface area contributed by atoms with Gasteiger partial charge < -0.3 is 4.74 Å². The van der Waals surface area contributed by atoms with Gasteiger partial charge in [-0.25, -0.2) is 9.18 Å².